The molecule has 0 spiro atoms. The quantitative estimate of drug-likeness (QED) is 0.0716. The number of hydrogen-bond acceptors (Lipinski definition) is 8. The summed E-state index contributed by atoms with van der Waals surface area (Å²) in [7, 11) is 1.72. The molecule has 272 valence electrons. The van der Waals surface area contributed by atoms with Gasteiger partial charge < -0.3 is 44.9 Å². The predicted molar refractivity (Wildman–Crippen MR) is 206 cm³/mol. The largest absolute Gasteiger partial charge is 2.00 e. The van der Waals surface area contributed by atoms with E-state index < -0.39 is 30.9 Å². The van der Waals surface area contributed by atoms with Crippen LogP contribution in [0.15, 0.2) is 66.7 Å². The Morgan fingerprint density at radius 2 is 1.09 bits per heavy atom. The standard InChI is InChI=1S/C38H22Cl4N8O5.Zn/c1-50-37-25-26(28(40)30(42)29(41)27(25)39)38(50)49-36-22-12-15(55-16(13-23(51)52)14-24(53)54)10-11-21(22)34(47-36)45-32-18-7-3-2-6-17(18)31(43-32)44-33-19-8-4-5-9-20(19)35(46-33)48-37;/h2-12,16H,13-14H2,1H3,(H3,43,44,45,46,47,48,49,51,52,53,54);/q;+2/p-1. The fraction of sp³-hybridized carbons (Fsp3) is 0.105. The number of aliphatic carboxylic acids is 2. The Kier molecular flexibility index (Phi) is 9.66. The van der Waals surface area contributed by atoms with Crippen LogP contribution < -0.4 is 19.3 Å². The third-order valence-corrected chi connectivity index (χ3v) is 11.0. The molecular weight excluding hydrogens is 856 g/mol. The number of rotatable bonds is 6. The summed E-state index contributed by atoms with van der Waals surface area (Å²) in [6, 6.07) is 20.0. The molecule has 3 aromatic heterocycles. The zero-order valence-corrected chi connectivity index (χ0v) is 34.7. The Balaban J connectivity index is 0.00000441. The normalized spacial score (nSPS) is 11.8. The number of carboxylic acids is 2. The molecule has 0 radical (unpaired) electrons. The topological polar surface area (TPSA) is 180 Å². The van der Waals surface area contributed by atoms with Gasteiger partial charge in [0.05, 0.1) is 51.6 Å². The zero-order valence-electron chi connectivity index (χ0n) is 28.8. The molecule has 0 aliphatic carbocycles. The van der Waals surface area contributed by atoms with Crippen LogP contribution in [-0.4, -0.2) is 53.2 Å². The van der Waals surface area contributed by atoms with E-state index in [1.54, 1.807) is 29.8 Å². The Morgan fingerprint density at radius 3 is 1.59 bits per heavy atom. The number of nitrogens with zero attached hydrogens (tertiary/aromatic N) is 8. The van der Waals surface area contributed by atoms with Gasteiger partial charge in [0.2, 0.25) is 0 Å². The van der Waals surface area contributed by atoms with Crippen LogP contribution in [0.25, 0.3) is 89.7 Å². The van der Waals surface area contributed by atoms with E-state index in [0.29, 0.717) is 56.1 Å². The number of carbonyl (C=O) groups is 2. The van der Waals surface area contributed by atoms with Gasteiger partial charge >= 0.3 is 31.4 Å². The first-order chi connectivity index (χ1) is 26.5. The average molecular weight is 877 g/mol. The third kappa shape index (κ3) is 6.22. The maximum Gasteiger partial charge on any atom is 2.00 e. The molecule has 7 aromatic rings. The van der Waals surface area contributed by atoms with Crippen molar-refractivity contribution in [2.75, 3.05) is 0 Å². The number of ether oxygens (including phenoxy) is 1. The molecule has 8 bridgehead atoms. The van der Waals surface area contributed by atoms with Gasteiger partial charge in [0.25, 0.3) is 0 Å². The Bertz CT molecular complexity index is 3010. The van der Waals surface area contributed by atoms with Crippen molar-refractivity contribution in [3.63, 3.8) is 0 Å². The molecule has 56 heavy (non-hydrogen) atoms. The Labute approximate surface area is 348 Å². The van der Waals surface area contributed by atoms with Gasteiger partial charge in [-0.3, -0.25) is 14.2 Å². The van der Waals surface area contributed by atoms with E-state index in [4.69, 9.17) is 86.0 Å². The molecule has 0 amide bonds. The predicted octanol–water partition coefficient (Wildman–Crippen LogP) is 7.86. The van der Waals surface area contributed by atoms with E-state index in [2.05, 4.69) is 0 Å². The van der Waals surface area contributed by atoms with Crippen molar-refractivity contribution < 1.29 is 48.6 Å². The number of hydrogen-bond donors (Lipinski definition) is 2. The fourth-order valence-electron chi connectivity index (χ4n) is 6.78. The number of halogens is 4. The number of carboxylic acid groups (broad SMARTS) is 2. The van der Waals surface area contributed by atoms with E-state index in [9.17, 15) is 19.8 Å². The first-order valence-corrected chi connectivity index (χ1v) is 18.0. The molecule has 2 aliphatic heterocycles. The number of fused-ring (bicyclic) bond motifs is 20. The fourth-order valence-corrected chi connectivity index (χ4v) is 7.81. The smallest absolute Gasteiger partial charge is 0.489 e. The maximum absolute atomic E-state index is 11.6. The van der Waals surface area contributed by atoms with Crippen LogP contribution in [0, 0.1) is 0 Å². The van der Waals surface area contributed by atoms with Gasteiger partial charge in [0.1, 0.15) is 23.5 Å². The van der Waals surface area contributed by atoms with Crippen molar-refractivity contribution in [3.05, 3.63) is 86.8 Å². The maximum atomic E-state index is 11.6. The van der Waals surface area contributed by atoms with Gasteiger partial charge in [-0.05, 0) is 39.7 Å². The summed E-state index contributed by atoms with van der Waals surface area (Å²) in [6.45, 7) is 0. The van der Waals surface area contributed by atoms with Crippen LogP contribution in [0.5, 0.6) is 5.75 Å². The van der Waals surface area contributed by atoms with Crippen molar-refractivity contribution in [1.82, 2.24) is 34.9 Å². The summed E-state index contributed by atoms with van der Waals surface area (Å²) in [5, 5.41) is 21.5. The molecular formula is C38H21Cl4N8O5Zn+. The van der Waals surface area contributed by atoms with Gasteiger partial charge in [-0.2, -0.15) is 0 Å². The Morgan fingerprint density at radius 1 is 0.643 bits per heavy atom. The van der Waals surface area contributed by atoms with Crippen molar-refractivity contribution in [1.29, 1.82) is 0 Å². The molecule has 0 saturated carbocycles. The summed E-state index contributed by atoms with van der Waals surface area (Å²) in [5.74, 6) is -0.926. The molecule has 13 nitrogen and oxygen atoms in total. The first-order valence-electron chi connectivity index (χ1n) is 16.5. The second-order valence-electron chi connectivity index (χ2n) is 12.7. The van der Waals surface area contributed by atoms with Crippen molar-refractivity contribution in [2.24, 2.45) is 7.05 Å². The molecule has 18 heteroatoms. The molecule has 0 unspecified atom stereocenters. The summed E-state index contributed by atoms with van der Waals surface area (Å²) in [4.78, 5) is 57.6. The van der Waals surface area contributed by atoms with Gasteiger partial charge in [0, 0.05) is 44.8 Å². The Hall–Kier alpha value is -5.24. The number of aromatic nitrogens is 8. The van der Waals surface area contributed by atoms with Gasteiger partial charge in [-0.15, -0.1) is 0 Å². The molecule has 5 heterocycles. The molecule has 0 atom stereocenters. The van der Waals surface area contributed by atoms with Crippen LogP contribution in [-0.2, 0) is 36.1 Å². The van der Waals surface area contributed by atoms with E-state index >= 15 is 0 Å². The second-order valence-corrected chi connectivity index (χ2v) is 14.2. The summed E-state index contributed by atoms with van der Waals surface area (Å²) in [6.07, 6.45) is -2.24. The third-order valence-electron chi connectivity index (χ3n) is 9.23. The summed E-state index contributed by atoms with van der Waals surface area (Å²) >= 11 is 27.1. The minimum atomic E-state index is -1.21. The molecule has 0 saturated heterocycles. The van der Waals surface area contributed by atoms with Gasteiger partial charge in [0.15, 0.2) is 0 Å². The summed E-state index contributed by atoms with van der Waals surface area (Å²) < 4.78 is 7.59. The van der Waals surface area contributed by atoms with Crippen LogP contribution in [0.2, 0.25) is 20.1 Å². The van der Waals surface area contributed by atoms with Crippen molar-refractivity contribution in [3.8, 4) is 51.3 Å². The first kappa shape index (κ1) is 37.7. The molecule has 9 rings (SSSR count). The molecule has 2 N–H and O–H groups in total. The molecule has 2 aliphatic rings. The van der Waals surface area contributed by atoms with Crippen molar-refractivity contribution >= 4 is 102 Å². The average Bonchev–Trinajstić information content (AvgIpc) is 3.87. The summed E-state index contributed by atoms with van der Waals surface area (Å²) in [5.41, 5.74) is 3.30. The minimum absolute atomic E-state index is 0. The minimum Gasteiger partial charge on any atom is -0.489 e. The van der Waals surface area contributed by atoms with E-state index in [-0.39, 0.29) is 62.4 Å². The molecule has 0 fully saturated rings. The van der Waals surface area contributed by atoms with Crippen LogP contribution in [0.4, 0.5) is 0 Å². The van der Waals surface area contributed by atoms with E-state index in [1.165, 1.54) is 0 Å². The van der Waals surface area contributed by atoms with Gasteiger partial charge in [-0.1, -0.05) is 94.9 Å². The zero-order chi connectivity index (χ0) is 38.3. The van der Waals surface area contributed by atoms with E-state index in [1.807, 2.05) is 48.5 Å². The van der Waals surface area contributed by atoms with Crippen LogP contribution in [0.3, 0.4) is 0 Å². The SMILES string of the molecule is C[n+]1c2nc3[n-]c(nc4nc(nc5[n-]c(nc1-c1c(Cl)c(Cl)c(Cl)c(Cl)c1-2)c1cc(OC(CC(=O)O)CC(=O)O)ccc51)-c1ccccc1-4)c1ccccc31.[Zn+2]. The van der Waals surface area contributed by atoms with Crippen LogP contribution >= 0.6 is 46.4 Å². The second kappa shape index (κ2) is 14.4. The number of benzene rings is 4. The van der Waals surface area contributed by atoms with Gasteiger partial charge in [-0.25, -0.2) is 4.98 Å². The van der Waals surface area contributed by atoms with E-state index in [0.717, 1.165) is 16.5 Å². The van der Waals surface area contributed by atoms with Crippen molar-refractivity contribution in [2.45, 2.75) is 18.9 Å². The monoisotopic (exact) mass is 873 g/mol. The molecule has 4 aromatic carbocycles. The van der Waals surface area contributed by atoms with Crippen LogP contribution in [0.1, 0.15) is 12.8 Å².